The van der Waals surface area contributed by atoms with Gasteiger partial charge in [-0.25, -0.2) is 13.2 Å². The Morgan fingerprint density at radius 1 is 1.11 bits per heavy atom. The minimum atomic E-state index is -3.51. The third-order valence-electron chi connectivity index (χ3n) is 3.92. The number of nitrogens with zero attached hydrogens (tertiary/aromatic N) is 2. The van der Waals surface area contributed by atoms with Gasteiger partial charge >= 0.3 is 5.69 Å². The smallest absolute Gasteiger partial charge is 0.333 e. The predicted octanol–water partition coefficient (Wildman–Crippen LogP) is 1.31. The summed E-state index contributed by atoms with van der Waals surface area (Å²) < 4.78 is 30.2. The van der Waals surface area contributed by atoms with Crippen molar-refractivity contribution >= 4 is 9.84 Å². The van der Waals surface area contributed by atoms with Gasteiger partial charge in [0.1, 0.15) is 10.6 Å². The van der Waals surface area contributed by atoms with Crippen LogP contribution in [0.1, 0.15) is 5.56 Å². The molecule has 0 bridgehead atoms. The molecule has 140 valence electrons. The lowest BCUT2D eigenvalue weighted by Crippen LogP contribution is -2.29. The molecule has 0 unspecified atom stereocenters. The Kier molecular flexibility index (Phi) is 4.71. The number of hydrogen-bond donors (Lipinski definition) is 1. The average molecular weight is 387 g/mol. The van der Waals surface area contributed by atoms with E-state index in [0.29, 0.717) is 11.4 Å². The van der Waals surface area contributed by atoms with E-state index >= 15 is 0 Å². The van der Waals surface area contributed by atoms with Crippen LogP contribution in [0.2, 0.25) is 0 Å². The zero-order valence-corrected chi connectivity index (χ0v) is 15.7. The summed E-state index contributed by atoms with van der Waals surface area (Å²) in [6.45, 7) is 1.87. The van der Waals surface area contributed by atoms with Crippen LogP contribution in [0.25, 0.3) is 17.1 Å². The summed E-state index contributed by atoms with van der Waals surface area (Å²) in [5.74, 6) is 0.0934. The van der Waals surface area contributed by atoms with E-state index in [1.54, 1.807) is 12.3 Å². The van der Waals surface area contributed by atoms with Crippen LogP contribution in [-0.2, 0) is 9.84 Å². The Bertz CT molecular complexity index is 1230. The van der Waals surface area contributed by atoms with Gasteiger partial charge in [-0.2, -0.15) is 0 Å². The topological polar surface area (TPSA) is 111 Å². The monoisotopic (exact) mass is 387 g/mol. The summed E-state index contributed by atoms with van der Waals surface area (Å²) in [5.41, 5.74) is 0.727. The molecule has 27 heavy (non-hydrogen) atoms. The summed E-state index contributed by atoms with van der Waals surface area (Å²) in [7, 11) is -2.17. The van der Waals surface area contributed by atoms with E-state index < -0.39 is 21.1 Å². The first kappa shape index (κ1) is 18.6. The maximum atomic E-state index is 12.5. The summed E-state index contributed by atoms with van der Waals surface area (Å²) in [5, 5.41) is 0. The van der Waals surface area contributed by atoms with Crippen LogP contribution in [0.3, 0.4) is 0 Å². The molecule has 0 radical (unpaired) electrons. The van der Waals surface area contributed by atoms with Gasteiger partial charge in [0.2, 0.25) is 0 Å². The van der Waals surface area contributed by atoms with Gasteiger partial charge in [0.25, 0.3) is 5.56 Å². The number of ether oxygens (including phenoxy) is 1. The first-order valence-electron chi connectivity index (χ1n) is 7.88. The molecule has 3 aromatic rings. The lowest BCUT2D eigenvalue weighted by Gasteiger charge is -2.14. The summed E-state index contributed by atoms with van der Waals surface area (Å²) in [6.07, 6.45) is 2.69. The summed E-state index contributed by atoms with van der Waals surface area (Å²) >= 11 is 0. The van der Waals surface area contributed by atoms with E-state index in [4.69, 9.17) is 4.74 Å². The fourth-order valence-electron chi connectivity index (χ4n) is 2.66. The van der Waals surface area contributed by atoms with E-state index in [2.05, 4.69) is 9.97 Å². The highest BCUT2D eigenvalue weighted by molar-refractivity contribution is 7.90. The summed E-state index contributed by atoms with van der Waals surface area (Å²) in [6, 6.07) is 9.02. The van der Waals surface area contributed by atoms with Crippen molar-refractivity contribution in [3.63, 3.8) is 0 Å². The molecule has 1 aromatic carbocycles. The number of methoxy groups -OCH3 is 1. The number of H-pyrrole nitrogens is 1. The van der Waals surface area contributed by atoms with Crippen molar-refractivity contribution in [2.24, 2.45) is 0 Å². The van der Waals surface area contributed by atoms with E-state index in [9.17, 15) is 18.0 Å². The molecule has 0 aliphatic heterocycles. The SMILES string of the molecule is COc1cc(-n2c(-c3ccc(C)cn3)cc(=O)[nH]c2=O)ccc1S(C)(=O)=O. The van der Waals surface area contributed by atoms with Gasteiger partial charge in [-0.3, -0.25) is 19.3 Å². The van der Waals surface area contributed by atoms with Gasteiger partial charge in [-0.1, -0.05) is 6.07 Å². The molecule has 0 atom stereocenters. The number of aryl methyl sites for hydroxylation is 1. The van der Waals surface area contributed by atoms with Gasteiger partial charge in [-0.15, -0.1) is 0 Å². The minimum absolute atomic E-state index is 0.00114. The maximum absolute atomic E-state index is 12.5. The summed E-state index contributed by atoms with van der Waals surface area (Å²) in [4.78, 5) is 30.8. The molecule has 2 heterocycles. The Morgan fingerprint density at radius 2 is 1.85 bits per heavy atom. The van der Waals surface area contributed by atoms with Gasteiger partial charge < -0.3 is 4.74 Å². The van der Waals surface area contributed by atoms with E-state index in [1.807, 2.05) is 13.0 Å². The molecule has 0 fully saturated rings. The number of benzene rings is 1. The van der Waals surface area contributed by atoms with E-state index in [-0.39, 0.29) is 16.3 Å². The van der Waals surface area contributed by atoms with Crippen LogP contribution in [0.15, 0.2) is 57.1 Å². The van der Waals surface area contributed by atoms with Crippen LogP contribution in [0.4, 0.5) is 0 Å². The molecule has 0 saturated heterocycles. The zero-order valence-electron chi connectivity index (χ0n) is 14.9. The molecule has 0 saturated carbocycles. The highest BCUT2D eigenvalue weighted by Crippen LogP contribution is 2.27. The predicted molar refractivity (Wildman–Crippen MR) is 100 cm³/mol. The highest BCUT2D eigenvalue weighted by Gasteiger charge is 2.18. The van der Waals surface area contributed by atoms with Crippen LogP contribution < -0.4 is 16.0 Å². The molecule has 2 aromatic heterocycles. The molecular weight excluding hydrogens is 370 g/mol. The van der Waals surface area contributed by atoms with Crippen LogP contribution in [0, 0.1) is 6.92 Å². The number of sulfone groups is 1. The molecule has 0 spiro atoms. The van der Waals surface area contributed by atoms with Gasteiger partial charge in [0.05, 0.1) is 24.2 Å². The fourth-order valence-corrected chi connectivity index (χ4v) is 3.48. The minimum Gasteiger partial charge on any atom is -0.495 e. The number of rotatable bonds is 4. The molecular formula is C18H17N3O5S. The van der Waals surface area contributed by atoms with Crippen LogP contribution in [-0.4, -0.2) is 36.3 Å². The fraction of sp³-hybridized carbons (Fsp3) is 0.167. The number of pyridine rings is 1. The van der Waals surface area contributed by atoms with Crippen molar-refractivity contribution in [2.75, 3.05) is 13.4 Å². The van der Waals surface area contributed by atoms with Crippen molar-refractivity contribution in [3.05, 3.63) is 69.0 Å². The lowest BCUT2D eigenvalue weighted by molar-refractivity contribution is 0.402. The van der Waals surface area contributed by atoms with Gasteiger partial charge in [-0.05, 0) is 30.7 Å². The first-order valence-corrected chi connectivity index (χ1v) is 9.78. The van der Waals surface area contributed by atoms with Crippen molar-refractivity contribution in [2.45, 2.75) is 11.8 Å². The molecule has 0 aliphatic rings. The quantitative estimate of drug-likeness (QED) is 0.722. The number of hydrogen-bond acceptors (Lipinski definition) is 6. The van der Waals surface area contributed by atoms with Gasteiger partial charge in [0.15, 0.2) is 9.84 Å². The van der Waals surface area contributed by atoms with Crippen molar-refractivity contribution < 1.29 is 13.2 Å². The Balaban J connectivity index is 2.31. The molecule has 9 heteroatoms. The number of aromatic amines is 1. The standard InChI is InChI=1S/C18H17N3O5S/c1-11-4-6-13(19-10-11)14-9-17(22)20-18(23)21(14)12-5-7-16(27(3,24)25)15(8-12)26-2/h4-10H,1-3H3,(H,20,22,23). The first-order chi connectivity index (χ1) is 12.7. The molecule has 1 N–H and O–H groups in total. The maximum Gasteiger partial charge on any atom is 0.333 e. The molecule has 0 aliphatic carbocycles. The molecule has 8 nitrogen and oxygen atoms in total. The third-order valence-corrected chi connectivity index (χ3v) is 5.06. The second-order valence-electron chi connectivity index (χ2n) is 5.99. The Morgan fingerprint density at radius 3 is 2.44 bits per heavy atom. The number of aromatic nitrogens is 3. The molecule has 0 amide bonds. The third kappa shape index (κ3) is 3.68. The van der Waals surface area contributed by atoms with Crippen molar-refractivity contribution in [1.29, 1.82) is 0 Å². The van der Waals surface area contributed by atoms with Crippen molar-refractivity contribution in [1.82, 2.24) is 14.5 Å². The zero-order chi connectivity index (χ0) is 19.8. The van der Waals surface area contributed by atoms with Crippen LogP contribution in [0.5, 0.6) is 5.75 Å². The average Bonchev–Trinajstić information content (AvgIpc) is 2.60. The number of nitrogens with one attached hydrogen (secondary N) is 1. The normalized spacial score (nSPS) is 11.4. The Labute approximate surface area is 155 Å². The van der Waals surface area contributed by atoms with E-state index in [1.165, 1.54) is 35.9 Å². The van der Waals surface area contributed by atoms with Crippen LogP contribution >= 0.6 is 0 Å². The highest BCUT2D eigenvalue weighted by atomic mass is 32.2. The van der Waals surface area contributed by atoms with Crippen molar-refractivity contribution in [3.8, 4) is 22.8 Å². The second kappa shape index (κ2) is 6.84. The Hall–Kier alpha value is -3.20. The molecule has 3 rings (SSSR count). The van der Waals surface area contributed by atoms with E-state index in [0.717, 1.165) is 11.8 Å². The lowest BCUT2D eigenvalue weighted by atomic mass is 10.2. The largest absolute Gasteiger partial charge is 0.495 e. The second-order valence-corrected chi connectivity index (χ2v) is 7.97. The van der Waals surface area contributed by atoms with Gasteiger partial charge in [0, 0.05) is 24.6 Å².